The minimum Gasteiger partial charge on any atom is -0.507 e. The van der Waals surface area contributed by atoms with E-state index >= 15 is 0 Å². The maximum Gasteiger partial charge on any atom is 0.342 e. The second-order valence-corrected chi connectivity index (χ2v) is 5.71. The van der Waals surface area contributed by atoms with Gasteiger partial charge in [0.1, 0.15) is 11.3 Å². The Morgan fingerprint density at radius 2 is 1.88 bits per heavy atom. The van der Waals surface area contributed by atoms with E-state index in [4.69, 9.17) is 4.74 Å². The summed E-state index contributed by atoms with van der Waals surface area (Å²) in [5.41, 5.74) is 2.00. The summed E-state index contributed by atoms with van der Waals surface area (Å²) in [5.74, 6) is -1.10. The quantitative estimate of drug-likeness (QED) is 0.800. The van der Waals surface area contributed by atoms with E-state index in [1.807, 2.05) is 37.3 Å². The van der Waals surface area contributed by atoms with E-state index in [-0.39, 0.29) is 29.7 Å². The van der Waals surface area contributed by atoms with Crippen molar-refractivity contribution in [1.29, 1.82) is 0 Å². The van der Waals surface area contributed by atoms with E-state index in [1.165, 1.54) is 12.1 Å². The molecule has 24 heavy (non-hydrogen) atoms. The maximum atomic E-state index is 11.9. The molecule has 0 unspecified atom stereocenters. The van der Waals surface area contributed by atoms with Crippen molar-refractivity contribution in [2.24, 2.45) is 0 Å². The number of aryl methyl sites for hydroxylation is 1. The van der Waals surface area contributed by atoms with Gasteiger partial charge in [-0.3, -0.25) is 4.79 Å². The minimum atomic E-state index is -0.723. The van der Waals surface area contributed by atoms with Crippen LogP contribution in [-0.4, -0.2) is 30.1 Å². The minimum absolute atomic E-state index is 0.0473. The number of aromatic hydroxyl groups is 1. The summed E-state index contributed by atoms with van der Waals surface area (Å²) in [6.07, 6.45) is 0. The van der Waals surface area contributed by atoms with Crippen LogP contribution in [0, 0.1) is 6.92 Å². The molecule has 0 aromatic heterocycles. The van der Waals surface area contributed by atoms with Crippen LogP contribution in [-0.2, 0) is 9.53 Å². The fourth-order valence-corrected chi connectivity index (χ4v) is 2.24. The molecule has 2 aromatic carbocycles. The van der Waals surface area contributed by atoms with Crippen molar-refractivity contribution in [3.05, 3.63) is 65.2 Å². The summed E-state index contributed by atoms with van der Waals surface area (Å²) in [5, 5.41) is 12.5. The summed E-state index contributed by atoms with van der Waals surface area (Å²) in [6.45, 7) is 3.88. The molecule has 0 spiro atoms. The molecular formula is C19H21NO4. The highest BCUT2D eigenvalue weighted by Gasteiger charge is 2.15. The molecule has 2 N–H and O–H groups in total. The van der Waals surface area contributed by atoms with Crippen molar-refractivity contribution < 1.29 is 19.4 Å². The smallest absolute Gasteiger partial charge is 0.342 e. The molecule has 5 heteroatoms. The molecule has 1 atom stereocenters. The van der Waals surface area contributed by atoms with Gasteiger partial charge in [0.2, 0.25) is 0 Å². The van der Waals surface area contributed by atoms with Crippen LogP contribution in [0.1, 0.15) is 34.3 Å². The highest BCUT2D eigenvalue weighted by Crippen LogP contribution is 2.19. The zero-order chi connectivity index (χ0) is 17.5. The number of hydrogen-bond acceptors (Lipinski definition) is 4. The predicted octanol–water partition coefficient (Wildman–Crippen LogP) is 2.78. The first kappa shape index (κ1) is 17.5. The summed E-state index contributed by atoms with van der Waals surface area (Å²) in [7, 11) is 0. The van der Waals surface area contributed by atoms with Gasteiger partial charge in [0, 0.05) is 6.54 Å². The lowest BCUT2D eigenvalue weighted by molar-refractivity contribution is -0.124. The lowest BCUT2D eigenvalue weighted by Gasteiger charge is -2.13. The molecule has 0 heterocycles. The number of hydrogen-bond donors (Lipinski definition) is 2. The Kier molecular flexibility index (Phi) is 5.95. The van der Waals surface area contributed by atoms with E-state index in [0.29, 0.717) is 6.54 Å². The van der Waals surface area contributed by atoms with Gasteiger partial charge in [-0.2, -0.15) is 0 Å². The Labute approximate surface area is 141 Å². The van der Waals surface area contributed by atoms with Crippen LogP contribution in [0.15, 0.2) is 48.5 Å². The Morgan fingerprint density at radius 1 is 1.17 bits per heavy atom. The summed E-state index contributed by atoms with van der Waals surface area (Å²) < 4.78 is 4.94. The number of phenols is 1. The molecule has 2 aromatic rings. The predicted molar refractivity (Wildman–Crippen MR) is 91.0 cm³/mol. The molecular weight excluding hydrogens is 306 g/mol. The Morgan fingerprint density at radius 3 is 2.54 bits per heavy atom. The second kappa shape index (κ2) is 8.15. The Hall–Kier alpha value is -2.82. The molecule has 0 aliphatic carbocycles. The van der Waals surface area contributed by atoms with E-state index in [2.05, 4.69) is 5.32 Å². The van der Waals surface area contributed by atoms with Gasteiger partial charge < -0.3 is 15.2 Å². The van der Waals surface area contributed by atoms with Crippen LogP contribution in [0.2, 0.25) is 0 Å². The standard InChI is InChI=1S/C19H21NO4/c1-13-8-9-16(17(21)10-13)19(23)24-12-18(22)20-11-14(2)15-6-4-3-5-7-15/h3-10,14,21H,11-12H2,1-2H3,(H,20,22)/t14-/m1/s1. The highest BCUT2D eigenvalue weighted by atomic mass is 16.5. The molecule has 0 saturated heterocycles. The number of carbonyl (C=O) groups is 2. The lowest BCUT2D eigenvalue weighted by Crippen LogP contribution is -2.31. The highest BCUT2D eigenvalue weighted by molar-refractivity contribution is 5.93. The summed E-state index contributed by atoms with van der Waals surface area (Å²) in [4.78, 5) is 23.7. The van der Waals surface area contributed by atoms with Gasteiger partial charge in [0.05, 0.1) is 0 Å². The number of phenolic OH excluding ortho intramolecular Hbond substituents is 1. The number of amides is 1. The molecule has 0 saturated carbocycles. The van der Waals surface area contributed by atoms with Crippen molar-refractivity contribution in [2.45, 2.75) is 19.8 Å². The average Bonchev–Trinajstić information content (AvgIpc) is 2.58. The fourth-order valence-electron chi connectivity index (χ4n) is 2.24. The zero-order valence-corrected chi connectivity index (χ0v) is 13.8. The molecule has 2 rings (SSSR count). The Bertz CT molecular complexity index is 713. The molecule has 5 nitrogen and oxygen atoms in total. The van der Waals surface area contributed by atoms with Crippen LogP contribution in [0.5, 0.6) is 5.75 Å². The van der Waals surface area contributed by atoms with Crippen molar-refractivity contribution in [3.63, 3.8) is 0 Å². The molecule has 0 bridgehead atoms. The molecule has 0 fully saturated rings. The first-order valence-corrected chi connectivity index (χ1v) is 7.75. The topological polar surface area (TPSA) is 75.6 Å². The van der Waals surface area contributed by atoms with Gasteiger partial charge >= 0.3 is 5.97 Å². The van der Waals surface area contributed by atoms with Crippen LogP contribution in [0.3, 0.4) is 0 Å². The monoisotopic (exact) mass is 327 g/mol. The SMILES string of the molecule is Cc1ccc(C(=O)OCC(=O)NC[C@@H](C)c2ccccc2)c(O)c1. The van der Waals surface area contributed by atoms with Crippen molar-refractivity contribution in [3.8, 4) is 5.75 Å². The lowest BCUT2D eigenvalue weighted by atomic mass is 10.0. The van der Waals surface area contributed by atoms with Gasteiger partial charge in [-0.1, -0.05) is 43.3 Å². The van der Waals surface area contributed by atoms with E-state index < -0.39 is 5.97 Å². The van der Waals surface area contributed by atoms with Crippen LogP contribution >= 0.6 is 0 Å². The number of benzene rings is 2. The maximum absolute atomic E-state index is 11.9. The van der Waals surface area contributed by atoms with E-state index in [1.54, 1.807) is 13.0 Å². The third-order valence-electron chi connectivity index (χ3n) is 3.68. The largest absolute Gasteiger partial charge is 0.507 e. The average molecular weight is 327 g/mol. The van der Waals surface area contributed by atoms with Gasteiger partial charge in [-0.15, -0.1) is 0 Å². The zero-order valence-electron chi connectivity index (χ0n) is 13.8. The molecule has 0 aliphatic rings. The van der Waals surface area contributed by atoms with Crippen molar-refractivity contribution in [2.75, 3.05) is 13.2 Å². The van der Waals surface area contributed by atoms with Crippen LogP contribution < -0.4 is 5.32 Å². The van der Waals surface area contributed by atoms with Gasteiger partial charge in [-0.05, 0) is 36.1 Å². The number of esters is 1. The third-order valence-corrected chi connectivity index (χ3v) is 3.68. The van der Waals surface area contributed by atoms with Gasteiger partial charge in [0.15, 0.2) is 6.61 Å². The molecule has 126 valence electrons. The normalized spacial score (nSPS) is 11.6. The van der Waals surface area contributed by atoms with Crippen LogP contribution in [0.25, 0.3) is 0 Å². The fraction of sp³-hybridized carbons (Fsp3) is 0.263. The van der Waals surface area contributed by atoms with Gasteiger partial charge in [-0.25, -0.2) is 4.79 Å². The Balaban J connectivity index is 1.79. The third kappa shape index (κ3) is 4.84. The summed E-state index contributed by atoms with van der Waals surface area (Å²) in [6, 6.07) is 14.5. The number of carbonyl (C=O) groups excluding carboxylic acids is 2. The number of ether oxygens (including phenoxy) is 1. The summed E-state index contributed by atoms with van der Waals surface area (Å²) >= 11 is 0. The van der Waals surface area contributed by atoms with Crippen molar-refractivity contribution >= 4 is 11.9 Å². The molecule has 0 aliphatic heterocycles. The number of nitrogens with one attached hydrogen (secondary N) is 1. The van der Waals surface area contributed by atoms with Crippen molar-refractivity contribution in [1.82, 2.24) is 5.32 Å². The van der Waals surface area contributed by atoms with E-state index in [9.17, 15) is 14.7 Å². The molecule has 1 amide bonds. The number of rotatable bonds is 6. The van der Waals surface area contributed by atoms with Crippen LogP contribution in [0.4, 0.5) is 0 Å². The van der Waals surface area contributed by atoms with Gasteiger partial charge in [0.25, 0.3) is 5.91 Å². The second-order valence-electron chi connectivity index (χ2n) is 5.71. The van der Waals surface area contributed by atoms with E-state index in [0.717, 1.165) is 11.1 Å². The molecule has 0 radical (unpaired) electrons. The first-order valence-electron chi connectivity index (χ1n) is 7.75. The first-order chi connectivity index (χ1) is 11.5.